The van der Waals surface area contributed by atoms with Gasteiger partial charge in [0.05, 0.1) is 12.6 Å². The molecule has 4 amide bonds. The molecule has 1 unspecified atom stereocenters. The Kier molecular flexibility index (Phi) is 8.64. The van der Waals surface area contributed by atoms with Crippen LogP contribution in [0.3, 0.4) is 0 Å². The number of amides is 4. The number of aryl methyl sites for hydroxylation is 1. The van der Waals surface area contributed by atoms with Crippen molar-refractivity contribution in [1.82, 2.24) is 20.4 Å². The lowest BCUT2D eigenvalue weighted by molar-refractivity contribution is -0.126. The molecule has 1 aliphatic heterocycles. The fraction of sp³-hybridized carbons (Fsp3) is 0.625. The molecule has 1 saturated carbocycles. The predicted octanol–water partition coefficient (Wildman–Crippen LogP) is 2.41. The second kappa shape index (κ2) is 11.4. The topological polar surface area (TPSA) is 93.8 Å². The SMILES string of the molecule is Cc1cccc(NC(=O)CN2CCN(C(C)C(=O)NC(=O)NC3CCCCC3)CC2)c1C. The molecule has 8 nitrogen and oxygen atoms in total. The van der Waals surface area contributed by atoms with Crippen LogP contribution < -0.4 is 16.0 Å². The average molecular weight is 444 g/mol. The van der Waals surface area contributed by atoms with E-state index < -0.39 is 12.1 Å². The highest BCUT2D eigenvalue weighted by Gasteiger charge is 2.28. The Hall–Kier alpha value is -2.45. The number of carbonyl (C=O) groups is 3. The Morgan fingerprint density at radius 3 is 2.41 bits per heavy atom. The molecule has 1 aliphatic carbocycles. The lowest BCUT2D eigenvalue weighted by Gasteiger charge is -2.37. The van der Waals surface area contributed by atoms with Gasteiger partial charge in [0.2, 0.25) is 11.8 Å². The van der Waals surface area contributed by atoms with E-state index >= 15 is 0 Å². The number of nitrogens with one attached hydrogen (secondary N) is 3. The lowest BCUT2D eigenvalue weighted by Crippen LogP contribution is -2.56. The number of anilines is 1. The van der Waals surface area contributed by atoms with E-state index in [0.29, 0.717) is 32.7 Å². The van der Waals surface area contributed by atoms with Crippen LogP contribution in [0.5, 0.6) is 0 Å². The molecule has 0 bridgehead atoms. The van der Waals surface area contributed by atoms with Gasteiger partial charge in [-0.2, -0.15) is 0 Å². The van der Waals surface area contributed by atoms with Crippen LogP contribution >= 0.6 is 0 Å². The minimum Gasteiger partial charge on any atom is -0.335 e. The first-order chi connectivity index (χ1) is 15.3. The third-order valence-electron chi connectivity index (χ3n) is 6.76. The highest BCUT2D eigenvalue weighted by atomic mass is 16.2. The van der Waals surface area contributed by atoms with Gasteiger partial charge in [-0.3, -0.25) is 24.7 Å². The van der Waals surface area contributed by atoms with Crippen LogP contribution in [0.1, 0.15) is 50.2 Å². The van der Waals surface area contributed by atoms with Crippen molar-refractivity contribution in [2.75, 3.05) is 38.0 Å². The van der Waals surface area contributed by atoms with Gasteiger partial charge in [0.25, 0.3) is 0 Å². The van der Waals surface area contributed by atoms with Crippen molar-refractivity contribution in [1.29, 1.82) is 0 Å². The van der Waals surface area contributed by atoms with E-state index in [9.17, 15) is 14.4 Å². The summed E-state index contributed by atoms with van der Waals surface area (Å²) in [5.74, 6) is -0.309. The predicted molar refractivity (Wildman–Crippen MR) is 126 cm³/mol. The van der Waals surface area contributed by atoms with E-state index in [1.54, 1.807) is 0 Å². The second-order valence-corrected chi connectivity index (χ2v) is 9.08. The van der Waals surface area contributed by atoms with E-state index in [0.717, 1.165) is 42.5 Å². The first-order valence-corrected chi connectivity index (χ1v) is 11.8. The van der Waals surface area contributed by atoms with Crippen molar-refractivity contribution >= 4 is 23.5 Å². The third kappa shape index (κ3) is 6.77. The van der Waals surface area contributed by atoms with Crippen LogP contribution in [-0.2, 0) is 9.59 Å². The Bertz CT molecular complexity index is 814. The smallest absolute Gasteiger partial charge is 0.321 e. The number of hydrogen-bond acceptors (Lipinski definition) is 5. The van der Waals surface area contributed by atoms with Crippen molar-refractivity contribution in [2.24, 2.45) is 0 Å². The van der Waals surface area contributed by atoms with Gasteiger partial charge in [0.15, 0.2) is 0 Å². The Labute approximate surface area is 191 Å². The molecule has 0 aromatic heterocycles. The van der Waals surface area contributed by atoms with Gasteiger partial charge in [-0.05, 0) is 50.8 Å². The summed E-state index contributed by atoms with van der Waals surface area (Å²) >= 11 is 0. The van der Waals surface area contributed by atoms with Gasteiger partial charge in [-0.1, -0.05) is 31.4 Å². The molecule has 2 fully saturated rings. The van der Waals surface area contributed by atoms with Crippen LogP contribution in [0.2, 0.25) is 0 Å². The number of rotatable bonds is 6. The quantitative estimate of drug-likeness (QED) is 0.628. The maximum absolute atomic E-state index is 12.5. The van der Waals surface area contributed by atoms with Crippen LogP contribution in [0.4, 0.5) is 10.5 Å². The van der Waals surface area contributed by atoms with E-state index in [2.05, 4.69) is 25.8 Å². The first-order valence-electron chi connectivity index (χ1n) is 11.8. The van der Waals surface area contributed by atoms with Crippen molar-refractivity contribution in [2.45, 2.75) is 65.0 Å². The largest absolute Gasteiger partial charge is 0.335 e. The lowest BCUT2D eigenvalue weighted by atomic mass is 9.96. The Morgan fingerprint density at radius 2 is 1.72 bits per heavy atom. The minimum absolute atomic E-state index is 0.0303. The molecule has 3 rings (SSSR count). The van der Waals surface area contributed by atoms with Gasteiger partial charge in [-0.25, -0.2) is 4.79 Å². The van der Waals surface area contributed by atoms with Crippen molar-refractivity contribution < 1.29 is 14.4 Å². The number of carbonyl (C=O) groups excluding carboxylic acids is 3. The van der Waals surface area contributed by atoms with Crippen molar-refractivity contribution in [3.63, 3.8) is 0 Å². The molecule has 1 atom stereocenters. The van der Waals surface area contributed by atoms with Gasteiger partial charge in [0, 0.05) is 37.9 Å². The maximum atomic E-state index is 12.5. The van der Waals surface area contributed by atoms with E-state index in [1.165, 1.54) is 6.42 Å². The summed E-state index contributed by atoms with van der Waals surface area (Å²) in [7, 11) is 0. The third-order valence-corrected chi connectivity index (χ3v) is 6.76. The summed E-state index contributed by atoms with van der Waals surface area (Å²) in [4.78, 5) is 41.3. The molecule has 8 heteroatoms. The molecular formula is C24H37N5O3. The fourth-order valence-electron chi connectivity index (χ4n) is 4.44. The second-order valence-electron chi connectivity index (χ2n) is 9.08. The zero-order valence-electron chi connectivity index (χ0n) is 19.6. The summed E-state index contributed by atoms with van der Waals surface area (Å²) in [5.41, 5.74) is 3.08. The molecule has 32 heavy (non-hydrogen) atoms. The molecule has 2 aliphatic rings. The van der Waals surface area contributed by atoms with Crippen LogP contribution in [0.15, 0.2) is 18.2 Å². The normalized spacial score (nSPS) is 19.2. The van der Waals surface area contributed by atoms with Gasteiger partial charge in [-0.15, -0.1) is 0 Å². The molecule has 1 heterocycles. The summed E-state index contributed by atoms with van der Waals surface area (Å²) in [6, 6.07) is 5.28. The number of hydrogen-bond donors (Lipinski definition) is 3. The zero-order chi connectivity index (χ0) is 23.1. The summed E-state index contributed by atoms with van der Waals surface area (Å²) in [5, 5.41) is 8.42. The van der Waals surface area contributed by atoms with Gasteiger partial charge >= 0.3 is 6.03 Å². The highest BCUT2D eigenvalue weighted by molar-refractivity contribution is 5.97. The molecule has 3 N–H and O–H groups in total. The highest BCUT2D eigenvalue weighted by Crippen LogP contribution is 2.18. The monoisotopic (exact) mass is 443 g/mol. The average Bonchev–Trinajstić information content (AvgIpc) is 2.77. The van der Waals surface area contributed by atoms with E-state index in [1.807, 2.05) is 39.0 Å². The first kappa shape index (κ1) is 24.2. The minimum atomic E-state index is -0.393. The number of piperazine rings is 1. The standard InChI is InChI=1S/C24H37N5O3/c1-17-8-7-11-21(18(17)2)26-22(30)16-28-12-14-29(15-13-28)19(3)23(31)27-24(32)25-20-9-5-4-6-10-20/h7-8,11,19-20H,4-6,9-10,12-16H2,1-3H3,(H,26,30)(H2,25,27,31,32). The molecule has 176 valence electrons. The molecule has 0 spiro atoms. The number of imide groups is 1. The molecular weight excluding hydrogens is 406 g/mol. The van der Waals surface area contributed by atoms with Crippen LogP contribution in [0, 0.1) is 13.8 Å². The summed E-state index contributed by atoms with van der Waals surface area (Å²) in [6.07, 6.45) is 5.44. The summed E-state index contributed by atoms with van der Waals surface area (Å²) < 4.78 is 0. The number of benzene rings is 1. The zero-order valence-corrected chi connectivity index (χ0v) is 19.6. The van der Waals surface area contributed by atoms with E-state index in [-0.39, 0.29) is 17.9 Å². The maximum Gasteiger partial charge on any atom is 0.321 e. The molecule has 1 aromatic carbocycles. The fourth-order valence-corrected chi connectivity index (χ4v) is 4.44. The van der Waals surface area contributed by atoms with Crippen LogP contribution in [0.25, 0.3) is 0 Å². The molecule has 1 aromatic rings. The van der Waals surface area contributed by atoms with E-state index in [4.69, 9.17) is 0 Å². The molecule has 0 radical (unpaired) electrons. The van der Waals surface area contributed by atoms with Crippen LogP contribution in [-0.4, -0.2) is 72.5 Å². The number of nitrogens with zero attached hydrogens (tertiary/aromatic N) is 2. The van der Waals surface area contributed by atoms with Gasteiger partial charge < -0.3 is 10.6 Å². The van der Waals surface area contributed by atoms with Gasteiger partial charge in [0.1, 0.15) is 0 Å². The Morgan fingerprint density at radius 1 is 1.03 bits per heavy atom. The Balaban J connectivity index is 1.39. The number of urea groups is 1. The molecule has 1 saturated heterocycles. The van der Waals surface area contributed by atoms with Crippen molar-refractivity contribution in [3.05, 3.63) is 29.3 Å². The van der Waals surface area contributed by atoms with Crippen molar-refractivity contribution in [3.8, 4) is 0 Å². The summed E-state index contributed by atoms with van der Waals surface area (Å²) in [6.45, 7) is 8.94.